The largest absolute Gasteiger partial charge is 0.147 e. The van der Waals surface area contributed by atoms with E-state index >= 15 is 0 Å². The predicted octanol–water partition coefficient (Wildman–Crippen LogP) is 11.5. The van der Waals surface area contributed by atoms with Gasteiger partial charge in [-0.15, -0.1) is 24.8 Å². The van der Waals surface area contributed by atoms with Gasteiger partial charge in [-0.25, -0.2) is 0 Å². The number of hydrogen-bond acceptors (Lipinski definition) is 0. The number of halogens is 2. The Morgan fingerprint density at radius 3 is 1.60 bits per heavy atom. The maximum Gasteiger partial charge on any atom is -0.147 e. The maximum absolute atomic E-state index is 2.71. The van der Waals surface area contributed by atoms with Crippen LogP contribution in [0.2, 0.25) is 13.1 Å². The number of allylic oxidation sites excluding steroid dienone is 5. The Balaban J connectivity index is 0.00000202. The molecule has 0 spiro atoms. The van der Waals surface area contributed by atoms with E-state index < -0.39 is 25.8 Å². The van der Waals surface area contributed by atoms with Crippen LogP contribution < -0.4 is 0 Å². The zero-order valence-electron chi connectivity index (χ0n) is 25.4. The Labute approximate surface area is 272 Å². The number of fused-ring (bicyclic) bond motifs is 1. The van der Waals surface area contributed by atoms with E-state index in [1.807, 2.05) is 3.28 Å². The monoisotopic (exact) mass is 684 g/mol. The van der Waals surface area contributed by atoms with Crippen molar-refractivity contribution in [1.82, 2.24) is 0 Å². The molecule has 4 aromatic rings. The zero-order valence-corrected chi connectivity index (χ0v) is 30.5. The van der Waals surface area contributed by atoms with Crippen LogP contribution in [0, 0.1) is 5.92 Å². The van der Waals surface area contributed by atoms with Crippen molar-refractivity contribution in [3.63, 3.8) is 0 Å². The summed E-state index contributed by atoms with van der Waals surface area (Å²) < 4.78 is 2.49. The fourth-order valence-corrected chi connectivity index (χ4v) is 26.5. The van der Waals surface area contributed by atoms with E-state index in [2.05, 4.69) is 150 Å². The van der Waals surface area contributed by atoms with Crippen molar-refractivity contribution in [2.24, 2.45) is 5.92 Å². The topological polar surface area (TPSA) is 0 Å². The minimum atomic E-state index is -2.05. The first-order chi connectivity index (χ1) is 19.3. The second-order valence-electron chi connectivity index (χ2n) is 11.7. The van der Waals surface area contributed by atoms with Gasteiger partial charge in [0, 0.05) is 0 Å². The molecule has 0 radical (unpaired) electrons. The van der Waals surface area contributed by atoms with Crippen LogP contribution in [0.15, 0.2) is 129 Å². The van der Waals surface area contributed by atoms with Crippen molar-refractivity contribution in [1.29, 1.82) is 0 Å². The van der Waals surface area contributed by atoms with Gasteiger partial charge in [-0.1, -0.05) is 0 Å². The van der Waals surface area contributed by atoms with Crippen LogP contribution in [-0.2, 0) is 20.4 Å². The summed E-state index contributed by atoms with van der Waals surface area (Å²) in [5, 5.41) is 0. The van der Waals surface area contributed by atoms with Gasteiger partial charge in [0.25, 0.3) is 0 Å². The van der Waals surface area contributed by atoms with Crippen LogP contribution in [-0.4, -0.2) is 5.43 Å². The van der Waals surface area contributed by atoms with Crippen LogP contribution in [0.4, 0.5) is 0 Å². The minimum absolute atomic E-state index is 0. The molecular weight excluding hydrogens is 647 g/mol. The quantitative estimate of drug-likeness (QED) is 0.183. The summed E-state index contributed by atoms with van der Waals surface area (Å²) in [5.41, 5.74) is 15.3. The second-order valence-corrected chi connectivity index (χ2v) is 29.1. The Bertz CT molecular complexity index is 1680. The summed E-state index contributed by atoms with van der Waals surface area (Å²) in [6, 6.07) is 38.3. The number of rotatable bonds is 5. The molecule has 0 amide bonds. The molecule has 0 bridgehead atoms. The molecule has 4 aromatic carbocycles. The Morgan fingerprint density at radius 1 is 0.595 bits per heavy atom. The molecule has 0 heterocycles. The molecule has 6 rings (SSSR count). The molecule has 0 N–H and O–H groups in total. The molecule has 0 aromatic heterocycles. The summed E-state index contributed by atoms with van der Waals surface area (Å²) in [5.74, 6) is 0.616. The molecule has 214 valence electrons. The van der Waals surface area contributed by atoms with Gasteiger partial charge in [0.05, 0.1) is 0 Å². The Morgan fingerprint density at radius 2 is 1.10 bits per heavy atom. The van der Waals surface area contributed by atoms with Gasteiger partial charge >= 0.3 is 250 Å². The fourth-order valence-electron chi connectivity index (χ4n) is 6.77. The van der Waals surface area contributed by atoms with Crippen LogP contribution in [0.25, 0.3) is 27.8 Å². The van der Waals surface area contributed by atoms with Crippen LogP contribution in [0.3, 0.4) is 0 Å². The van der Waals surface area contributed by atoms with Crippen molar-refractivity contribution in [2.45, 2.75) is 44.4 Å². The van der Waals surface area contributed by atoms with Crippen LogP contribution >= 0.6 is 24.8 Å². The average Bonchev–Trinajstić information content (AvgIpc) is 3.45. The predicted molar refractivity (Wildman–Crippen MR) is 186 cm³/mol. The summed E-state index contributed by atoms with van der Waals surface area (Å²) >= 11 is -2.05. The first kappa shape index (κ1) is 32.7. The van der Waals surface area contributed by atoms with Crippen molar-refractivity contribution in [2.75, 3.05) is 0 Å². The molecule has 0 saturated heterocycles. The molecule has 2 aliphatic carbocycles. The van der Waals surface area contributed by atoms with Crippen molar-refractivity contribution in [3.05, 3.63) is 146 Å². The van der Waals surface area contributed by atoms with E-state index in [1.54, 1.807) is 22.3 Å². The SMILES string of the molecule is CC1=C(C)C(C)[C]([Zr]([CH]2C=C(c3cc(-c4ccccc4)cc(-c4ccccc4)c3)c3ccccc32)=[Si](C)C)=C1C.Cl.Cl. The molecule has 0 fully saturated rings. The van der Waals surface area contributed by atoms with Gasteiger partial charge in [0.15, 0.2) is 0 Å². The number of benzene rings is 4. The molecule has 0 nitrogen and oxygen atoms in total. The third-order valence-electron chi connectivity index (χ3n) is 9.16. The zero-order chi connectivity index (χ0) is 28.0. The van der Waals surface area contributed by atoms with E-state index in [9.17, 15) is 0 Å². The van der Waals surface area contributed by atoms with E-state index in [4.69, 9.17) is 0 Å². The molecule has 0 aliphatic heterocycles. The van der Waals surface area contributed by atoms with E-state index in [0.29, 0.717) is 9.54 Å². The normalized spacial score (nSPS) is 17.3. The van der Waals surface area contributed by atoms with Crippen molar-refractivity contribution >= 4 is 35.8 Å². The van der Waals surface area contributed by atoms with Crippen molar-refractivity contribution < 1.29 is 20.4 Å². The van der Waals surface area contributed by atoms with Crippen molar-refractivity contribution in [3.8, 4) is 22.3 Å². The fraction of sp³-hybridized carbons (Fsp3) is 0.211. The third-order valence-corrected chi connectivity index (χ3v) is 27.7. The van der Waals surface area contributed by atoms with E-state index in [0.717, 1.165) is 0 Å². The number of hydrogen-bond donors (Lipinski definition) is 0. The van der Waals surface area contributed by atoms with Gasteiger partial charge < -0.3 is 0 Å². The molecule has 2 unspecified atom stereocenters. The summed E-state index contributed by atoms with van der Waals surface area (Å²) in [6.45, 7) is 14.8. The minimum Gasteiger partial charge on any atom is -0.147 e. The Hall–Kier alpha value is -2.22. The van der Waals surface area contributed by atoms with E-state index in [-0.39, 0.29) is 24.8 Å². The summed E-state index contributed by atoms with van der Waals surface area (Å²) in [7, 11) is 0. The van der Waals surface area contributed by atoms with Gasteiger partial charge in [0.1, 0.15) is 0 Å². The summed E-state index contributed by atoms with van der Waals surface area (Å²) in [6.07, 6.45) is 2.71. The van der Waals surface area contributed by atoms with Gasteiger partial charge in [0.2, 0.25) is 0 Å². The van der Waals surface area contributed by atoms with Crippen LogP contribution in [0.1, 0.15) is 48.0 Å². The molecule has 2 atom stereocenters. The standard InChI is InChI=1S/C27H19.C9H13.C2H6Si.2ClH.Zr/c1-3-9-20(10-4-1)23-17-24(21-11-5-2-6-12-21)19-25(18-23)27-16-15-22-13-7-8-14-26(22)27;1-6-5-7(2)9(4)8(6)3;1-3-2;;;/h1-19H;6H,1-4H3;1-2H3;2*1H;. The molecule has 42 heavy (non-hydrogen) atoms. The first-order valence-electron chi connectivity index (χ1n) is 14.5. The summed E-state index contributed by atoms with van der Waals surface area (Å²) in [4.78, 5) is 0. The smallest absolute Gasteiger partial charge is 0.147 e. The third kappa shape index (κ3) is 5.94. The molecule has 4 heteroatoms. The first-order valence-corrected chi connectivity index (χ1v) is 23.3. The van der Waals surface area contributed by atoms with Gasteiger partial charge in [-0.3, -0.25) is 0 Å². The molecule has 0 saturated carbocycles. The van der Waals surface area contributed by atoms with Gasteiger partial charge in [-0.2, -0.15) is 0 Å². The molecular formula is C38H40Cl2SiZr. The van der Waals surface area contributed by atoms with Crippen LogP contribution in [0.5, 0.6) is 0 Å². The maximum atomic E-state index is 2.71. The Kier molecular flexibility index (Phi) is 10.6. The van der Waals surface area contributed by atoms with Gasteiger partial charge in [-0.05, 0) is 0 Å². The second kappa shape index (κ2) is 13.6. The average molecular weight is 687 g/mol. The molecule has 2 aliphatic rings. The van der Waals surface area contributed by atoms with E-state index in [1.165, 1.54) is 39.0 Å².